The molecule has 1 aromatic carbocycles. The fourth-order valence-corrected chi connectivity index (χ4v) is 2.31. The van der Waals surface area contributed by atoms with Crippen LogP contribution in [0.2, 0.25) is 5.02 Å². The maximum absolute atomic E-state index is 11.9. The molecule has 6 heteroatoms. The Morgan fingerprint density at radius 1 is 1.09 bits per heavy atom. The highest BCUT2D eigenvalue weighted by Crippen LogP contribution is 2.09. The second kappa shape index (κ2) is 10.2. The van der Waals surface area contributed by atoms with Gasteiger partial charge < -0.3 is 15.1 Å². The van der Waals surface area contributed by atoms with Crippen molar-refractivity contribution in [2.45, 2.75) is 19.8 Å². The molecule has 0 saturated heterocycles. The minimum absolute atomic E-state index is 0.0377. The maximum atomic E-state index is 11.9. The van der Waals surface area contributed by atoms with Gasteiger partial charge in [-0.05, 0) is 44.8 Å². The van der Waals surface area contributed by atoms with Gasteiger partial charge in [-0.1, -0.05) is 23.7 Å². The first-order valence-corrected chi connectivity index (χ1v) is 8.17. The molecule has 0 aliphatic heterocycles. The second-order valence-corrected chi connectivity index (χ2v) is 6.25. The van der Waals surface area contributed by atoms with E-state index in [0.717, 1.165) is 18.5 Å². The molecule has 0 fully saturated rings. The Morgan fingerprint density at radius 2 is 1.74 bits per heavy atom. The van der Waals surface area contributed by atoms with Crippen LogP contribution in [0.4, 0.5) is 0 Å². The Balaban J connectivity index is 2.30. The summed E-state index contributed by atoms with van der Waals surface area (Å²) >= 11 is 5.82. The lowest BCUT2D eigenvalue weighted by Gasteiger charge is -2.22. The van der Waals surface area contributed by atoms with E-state index in [1.807, 2.05) is 26.2 Å². The molecule has 0 unspecified atom stereocenters. The van der Waals surface area contributed by atoms with Gasteiger partial charge in [-0.25, -0.2) is 0 Å². The number of carbonyl (C=O) groups is 2. The van der Waals surface area contributed by atoms with Gasteiger partial charge in [0.15, 0.2) is 0 Å². The van der Waals surface area contributed by atoms with Gasteiger partial charge in [0.1, 0.15) is 0 Å². The van der Waals surface area contributed by atoms with Gasteiger partial charge in [-0.3, -0.25) is 9.59 Å². The Kier molecular flexibility index (Phi) is 8.66. The van der Waals surface area contributed by atoms with Crippen LogP contribution in [0.5, 0.6) is 0 Å². The standard InChI is InChI=1S/C17H26ClN3O2/c1-14(22)21(11-4-10-20(2)3)12-9-19-17(23)13-15-5-7-16(18)8-6-15/h5-8H,4,9-13H2,1-3H3,(H,19,23). The normalized spacial score (nSPS) is 10.7. The van der Waals surface area contributed by atoms with E-state index >= 15 is 0 Å². The van der Waals surface area contributed by atoms with Gasteiger partial charge in [0.2, 0.25) is 11.8 Å². The van der Waals surface area contributed by atoms with E-state index in [1.165, 1.54) is 0 Å². The SMILES string of the molecule is CC(=O)N(CCCN(C)C)CCNC(=O)Cc1ccc(Cl)cc1. The Labute approximate surface area is 143 Å². The van der Waals surface area contributed by atoms with E-state index in [-0.39, 0.29) is 11.8 Å². The molecule has 5 nitrogen and oxygen atoms in total. The van der Waals surface area contributed by atoms with E-state index in [9.17, 15) is 9.59 Å². The largest absolute Gasteiger partial charge is 0.354 e. The van der Waals surface area contributed by atoms with E-state index in [4.69, 9.17) is 11.6 Å². The van der Waals surface area contributed by atoms with Crippen molar-refractivity contribution in [3.8, 4) is 0 Å². The van der Waals surface area contributed by atoms with Crippen molar-refractivity contribution in [1.29, 1.82) is 0 Å². The number of nitrogens with zero attached hydrogens (tertiary/aromatic N) is 2. The van der Waals surface area contributed by atoms with Crippen LogP contribution >= 0.6 is 11.6 Å². The highest BCUT2D eigenvalue weighted by Gasteiger charge is 2.09. The number of halogens is 1. The molecular formula is C17H26ClN3O2. The molecule has 0 radical (unpaired) electrons. The van der Waals surface area contributed by atoms with Crippen molar-refractivity contribution in [1.82, 2.24) is 15.1 Å². The van der Waals surface area contributed by atoms with Crippen LogP contribution in [0.1, 0.15) is 18.9 Å². The molecule has 0 heterocycles. The predicted molar refractivity (Wildman–Crippen MR) is 93.6 cm³/mol. The molecule has 0 aromatic heterocycles. The number of hydrogen-bond acceptors (Lipinski definition) is 3. The second-order valence-electron chi connectivity index (χ2n) is 5.82. The van der Waals surface area contributed by atoms with Crippen molar-refractivity contribution in [3.63, 3.8) is 0 Å². The average molecular weight is 340 g/mol. The summed E-state index contributed by atoms with van der Waals surface area (Å²) in [7, 11) is 4.02. The first-order chi connectivity index (χ1) is 10.9. The highest BCUT2D eigenvalue weighted by molar-refractivity contribution is 6.30. The third kappa shape index (κ3) is 8.57. The molecule has 23 heavy (non-hydrogen) atoms. The summed E-state index contributed by atoms with van der Waals surface area (Å²) in [6.07, 6.45) is 1.24. The van der Waals surface area contributed by atoms with Crippen molar-refractivity contribution >= 4 is 23.4 Å². The maximum Gasteiger partial charge on any atom is 0.224 e. The van der Waals surface area contributed by atoms with Crippen LogP contribution in [-0.2, 0) is 16.0 Å². The van der Waals surface area contributed by atoms with E-state index in [2.05, 4.69) is 10.2 Å². The molecule has 1 rings (SSSR count). The molecule has 0 bridgehead atoms. The topological polar surface area (TPSA) is 52.7 Å². The zero-order valence-electron chi connectivity index (χ0n) is 14.1. The van der Waals surface area contributed by atoms with Gasteiger partial charge >= 0.3 is 0 Å². The fraction of sp³-hybridized carbons (Fsp3) is 0.529. The van der Waals surface area contributed by atoms with Crippen molar-refractivity contribution in [3.05, 3.63) is 34.9 Å². The zero-order chi connectivity index (χ0) is 17.2. The number of benzene rings is 1. The summed E-state index contributed by atoms with van der Waals surface area (Å²) in [4.78, 5) is 27.4. The molecule has 0 spiro atoms. The van der Waals surface area contributed by atoms with E-state index < -0.39 is 0 Å². The molecule has 0 aliphatic rings. The number of rotatable bonds is 9. The smallest absolute Gasteiger partial charge is 0.224 e. The molecule has 1 N–H and O–H groups in total. The first kappa shape index (κ1) is 19.5. The minimum atomic E-state index is -0.0517. The quantitative estimate of drug-likeness (QED) is 0.746. The van der Waals surface area contributed by atoms with E-state index in [1.54, 1.807) is 24.0 Å². The van der Waals surface area contributed by atoms with E-state index in [0.29, 0.717) is 31.1 Å². The summed E-state index contributed by atoms with van der Waals surface area (Å²) in [6.45, 7) is 4.21. The molecule has 2 amide bonds. The molecule has 0 aliphatic carbocycles. The summed E-state index contributed by atoms with van der Waals surface area (Å²) in [5, 5.41) is 3.51. The number of hydrogen-bond donors (Lipinski definition) is 1. The predicted octanol–water partition coefficient (Wildman–Crippen LogP) is 1.80. The molecule has 128 valence electrons. The average Bonchev–Trinajstić information content (AvgIpc) is 2.47. The lowest BCUT2D eigenvalue weighted by molar-refractivity contribution is -0.129. The molecule has 0 atom stereocenters. The number of carbonyl (C=O) groups excluding carboxylic acids is 2. The third-order valence-corrected chi connectivity index (χ3v) is 3.71. The Bertz CT molecular complexity index is 503. The van der Waals surface area contributed by atoms with Crippen LogP contribution in [0.3, 0.4) is 0 Å². The fourth-order valence-electron chi connectivity index (χ4n) is 2.18. The van der Waals surface area contributed by atoms with Crippen LogP contribution in [-0.4, -0.2) is 61.9 Å². The number of nitrogens with one attached hydrogen (secondary N) is 1. The summed E-state index contributed by atoms with van der Waals surface area (Å²) in [5.74, 6) is -0.0141. The zero-order valence-corrected chi connectivity index (χ0v) is 14.9. The lowest BCUT2D eigenvalue weighted by atomic mass is 10.1. The lowest BCUT2D eigenvalue weighted by Crippen LogP contribution is -2.39. The molecule has 0 saturated carbocycles. The molecule has 1 aromatic rings. The summed E-state index contributed by atoms with van der Waals surface area (Å²) in [5.41, 5.74) is 0.918. The van der Waals surface area contributed by atoms with Crippen LogP contribution in [0.25, 0.3) is 0 Å². The van der Waals surface area contributed by atoms with Gasteiger partial charge in [0.25, 0.3) is 0 Å². The Hall–Kier alpha value is -1.59. The van der Waals surface area contributed by atoms with Crippen LogP contribution in [0.15, 0.2) is 24.3 Å². The van der Waals surface area contributed by atoms with Crippen LogP contribution in [0, 0.1) is 0 Å². The molecular weight excluding hydrogens is 314 g/mol. The minimum Gasteiger partial charge on any atom is -0.354 e. The van der Waals surface area contributed by atoms with Gasteiger partial charge in [0, 0.05) is 31.6 Å². The van der Waals surface area contributed by atoms with Gasteiger partial charge in [-0.2, -0.15) is 0 Å². The summed E-state index contributed by atoms with van der Waals surface area (Å²) in [6, 6.07) is 7.22. The van der Waals surface area contributed by atoms with Gasteiger partial charge in [-0.15, -0.1) is 0 Å². The highest BCUT2D eigenvalue weighted by atomic mass is 35.5. The Morgan fingerprint density at radius 3 is 2.30 bits per heavy atom. The third-order valence-electron chi connectivity index (χ3n) is 3.46. The van der Waals surface area contributed by atoms with Crippen molar-refractivity contribution in [2.75, 3.05) is 40.3 Å². The van der Waals surface area contributed by atoms with Crippen molar-refractivity contribution < 1.29 is 9.59 Å². The van der Waals surface area contributed by atoms with Crippen molar-refractivity contribution in [2.24, 2.45) is 0 Å². The van der Waals surface area contributed by atoms with Gasteiger partial charge in [0.05, 0.1) is 6.42 Å². The first-order valence-electron chi connectivity index (χ1n) is 7.80. The van der Waals surface area contributed by atoms with Crippen LogP contribution < -0.4 is 5.32 Å². The summed E-state index contributed by atoms with van der Waals surface area (Å²) < 4.78 is 0. The number of amides is 2. The monoisotopic (exact) mass is 339 g/mol.